The molecule has 7 heteroatoms. The molecule has 0 aromatic carbocycles. The summed E-state index contributed by atoms with van der Waals surface area (Å²) in [5.41, 5.74) is 0. The van der Waals surface area contributed by atoms with Crippen molar-refractivity contribution in [1.29, 1.82) is 0 Å². The number of hydrogen-bond donors (Lipinski definition) is 0. The van der Waals surface area contributed by atoms with Crippen LogP contribution in [-0.4, -0.2) is 43.9 Å². The molecule has 5 nitrogen and oxygen atoms in total. The maximum Gasteiger partial charge on any atom is 0.358 e. The molecule has 2 bridgehead atoms. The predicted octanol–water partition coefficient (Wildman–Crippen LogP) is 2.29. The van der Waals surface area contributed by atoms with Crippen LogP contribution in [0.25, 0.3) is 0 Å². The Labute approximate surface area is 117 Å². The zero-order valence-corrected chi connectivity index (χ0v) is 12.9. The van der Waals surface area contributed by atoms with Gasteiger partial charge in [-0.1, -0.05) is 19.1 Å². The lowest BCUT2D eigenvalue weighted by Gasteiger charge is -2.47. The first kappa shape index (κ1) is 14.0. The van der Waals surface area contributed by atoms with E-state index in [1.54, 1.807) is 4.08 Å². The molecular weight excluding hydrogens is 283 g/mol. The van der Waals surface area contributed by atoms with Crippen LogP contribution in [0.3, 0.4) is 0 Å². The fourth-order valence-electron chi connectivity index (χ4n) is 3.01. The Bertz CT molecular complexity index is 454. The minimum atomic E-state index is -3.10. The van der Waals surface area contributed by atoms with Crippen molar-refractivity contribution in [2.45, 2.75) is 43.9 Å². The predicted molar refractivity (Wildman–Crippen MR) is 76.0 cm³/mol. The Morgan fingerprint density at radius 1 is 1.42 bits per heavy atom. The van der Waals surface area contributed by atoms with Crippen molar-refractivity contribution >= 4 is 18.7 Å². The van der Waals surface area contributed by atoms with Gasteiger partial charge in [0.1, 0.15) is 11.0 Å². The molecule has 4 rings (SSSR count). The van der Waals surface area contributed by atoms with Crippen LogP contribution in [0.1, 0.15) is 32.6 Å². The molecule has 4 aliphatic rings. The molecule has 2 saturated heterocycles. The van der Waals surface area contributed by atoms with E-state index in [0.29, 0.717) is 6.61 Å². The normalized spacial score (nSPS) is 43.7. The second-order valence-electron chi connectivity index (χ2n) is 5.28. The van der Waals surface area contributed by atoms with Gasteiger partial charge in [-0.15, -0.1) is 4.08 Å². The van der Waals surface area contributed by atoms with Crippen LogP contribution in [0, 0.1) is 0 Å². The Kier molecular flexibility index (Phi) is 3.98. The Morgan fingerprint density at radius 3 is 2.89 bits per heavy atom. The smallest absolute Gasteiger partial charge is 0.305 e. The molecule has 0 aromatic rings. The van der Waals surface area contributed by atoms with Crippen LogP contribution in [0.4, 0.5) is 0 Å². The van der Waals surface area contributed by atoms with Gasteiger partial charge in [-0.25, -0.2) is 8.88 Å². The molecule has 0 amide bonds. The number of rotatable bonds is 3. The summed E-state index contributed by atoms with van der Waals surface area (Å²) in [6.07, 6.45) is 7.75. The summed E-state index contributed by atoms with van der Waals surface area (Å²) in [5.74, 6) is 0. The number of fused-ring (bicyclic) bond motifs is 2. The molecule has 3 aliphatic heterocycles. The third-order valence-electron chi connectivity index (χ3n) is 3.93. The SMILES string of the molecule is CCCN1CCCOP1(=O)N1[C@@H]2C=C[C@@H](CC2)S1=O. The Morgan fingerprint density at radius 2 is 2.26 bits per heavy atom. The van der Waals surface area contributed by atoms with E-state index in [-0.39, 0.29) is 11.3 Å². The number of nitrogens with zero attached hydrogens (tertiary/aromatic N) is 2. The van der Waals surface area contributed by atoms with E-state index in [9.17, 15) is 8.77 Å². The van der Waals surface area contributed by atoms with Gasteiger partial charge in [0.2, 0.25) is 0 Å². The summed E-state index contributed by atoms with van der Waals surface area (Å²) in [6, 6.07) is 0.00845. The van der Waals surface area contributed by atoms with Crippen molar-refractivity contribution in [3.63, 3.8) is 0 Å². The molecular formula is C12H21N2O3PS. The summed E-state index contributed by atoms with van der Waals surface area (Å²) >= 11 is 0. The summed E-state index contributed by atoms with van der Waals surface area (Å²) in [6.45, 7) is 4.09. The first-order valence-electron chi connectivity index (χ1n) is 7.05. The van der Waals surface area contributed by atoms with E-state index < -0.39 is 18.7 Å². The quantitative estimate of drug-likeness (QED) is 0.593. The lowest BCUT2D eigenvalue weighted by atomic mass is 10.0. The molecule has 108 valence electrons. The third-order valence-corrected chi connectivity index (χ3v) is 9.01. The molecule has 19 heavy (non-hydrogen) atoms. The first-order chi connectivity index (χ1) is 9.16. The van der Waals surface area contributed by atoms with Crippen molar-refractivity contribution < 1.29 is 13.3 Å². The van der Waals surface area contributed by atoms with Gasteiger partial charge in [0.25, 0.3) is 0 Å². The van der Waals surface area contributed by atoms with Crippen LogP contribution >= 0.6 is 7.67 Å². The molecule has 0 aromatic heterocycles. The van der Waals surface area contributed by atoms with Gasteiger partial charge in [0.05, 0.1) is 17.9 Å². The molecule has 0 radical (unpaired) electrons. The van der Waals surface area contributed by atoms with E-state index in [1.165, 1.54) is 0 Å². The van der Waals surface area contributed by atoms with E-state index in [2.05, 4.69) is 13.0 Å². The molecule has 0 N–H and O–H groups in total. The Hall–Kier alpha value is -0.0000000000000000833. The van der Waals surface area contributed by atoms with Crippen molar-refractivity contribution in [2.24, 2.45) is 0 Å². The van der Waals surface area contributed by atoms with Gasteiger partial charge >= 0.3 is 7.67 Å². The third kappa shape index (κ3) is 2.28. The van der Waals surface area contributed by atoms with Crippen LogP contribution in [0.2, 0.25) is 0 Å². The highest BCUT2D eigenvalue weighted by atomic mass is 32.2. The molecule has 1 aliphatic carbocycles. The Balaban J connectivity index is 1.92. The maximum absolute atomic E-state index is 13.3. The molecule has 2 fully saturated rings. The van der Waals surface area contributed by atoms with Gasteiger partial charge < -0.3 is 4.52 Å². The maximum atomic E-state index is 13.3. The lowest BCUT2D eigenvalue weighted by Crippen LogP contribution is -2.50. The highest BCUT2D eigenvalue weighted by molar-refractivity contribution is 7.89. The van der Waals surface area contributed by atoms with E-state index in [4.69, 9.17) is 4.52 Å². The lowest BCUT2D eigenvalue weighted by molar-refractivity contribution is 0.176. The topological polar surface area (TPSA) is 49.9 Å². The molecule has 3 heterocycles. The van der Waals surface area contributed by atoms with Crippen molar-refractivity contribution in [2.75, 3.05) is 19.7 Å². The van der Waals surface area contributed by atoms with Gasteiger partial charge in [-0.05, 0) is 25.7 Å². The zero-order valence-electron chi connectivity index (χ0n) is 11.2. The van der Waals surface area contributed by atoms with E-state index >= 15 is 0 Å². The molecule has 0 spiro atoms. The van der Waals surface area contributed by atoms with Crippen molar-refractivity contribution in [1.82, 2.24) is 8.75 Å². The van der Waals surface area contributed by atoms with Crippen molar-refractivity contribution in [3.05, 3.63) is 12.2 Å². The minimum absolute atomic E-state index is 0.00845. The monoisotopic (exact) mass is 304 g/mol. The second-order valence-corrected chi connectivity index (χ2v) is 9.34. The van der Waals surface area contributed by atoms with Gasteiger partial charge in [-0.3, -0.25) is 4.57 Å². The van der Waals surface area contributed by atoms with Gasteiger partial charge in [0.15, 0.2) is 0 Å². The van der Waals surface area contributed by atoms with Crippen LogP contribution < -0.4 is 0 Å². The second kappa shape index (κ2) is 5.41. The molecule has 2 unspecified atom stereocenters. The molecule has 4 atom stereocenters. The largest absolute Gasteiger partial charge is 0.358 e. The zero-order chi connectivity index (χ0) is 13.5. The fourth-order valence-corrected chi connectivity index (χ4v) is 8.23. The van der Waals surface area contributed by atoms with E-state index in [0.717, 1.165) is 38.8 Å². The van der Waals surface area contributed by atoms with Gasteiger partial charge in [0, 0.05) is 13.1 Å². The van der Waals surface area contributed by atoms with Crippen LogP contribution in [0.15, 0.2) is 12.2 Å². The summed E-state index contributed by atoms with van der Waals surface area (Å²) in [4.78, 5) is 0. The number of hydrogen-bond acceptors (Lipinski definition) is 3. The average molecular weight is 304 g/mol. The van der Waals surface area contributed by atoms with Crippen molar-refractivity contribution in [3.8, 4) is 0 Å². The van der Waals surface area contributed by atoms with Crippen LogP contribution in [0.5, 0.6) is 0 Å². The average Bonchev–Trinajstić information content (AvgIpc) is 2.43. The first-order valence-corrected chi connectivity index (χ1v) is 9.75. The highest BCUT2D eigenvalue weighted by Crippen LogP contribution is 2.61. The van der Waals surface area contributed by atoms with E-state index in [1.807, 2.05) is 10.7 Å². The standard InChI is InChI=1S/C12H21N2O3PS/c1-2-8-13-9-3-10-17-18(13,15)14-11-4-6-12(7-5-11)19(14)16/h4,6,11-12H,2-3,5,7-10H2,1H3/t11-,12+,18?,19?/m1/s1. The summed E-state index contributed by atoms with van der Waals surface area (Å²) < 4.78 is 35.1. The minimum Gasteiger partial charge on any atom is -0.305 e. The van der Waals surface area contributed by atoms with Gasteiger partial charge in [-0.2, -0.15) is 0 Å². The summed E-state index contributed by atoms with van der Waals surface area (Å²) in [5, 5.41) is 0.0184. The van der Waals surface area contributed by atoms with Crippen LogP contribution in [-0.2, 0) is 20.1 Å². The molecule has 0 saturated carbocycles. The fraction of sp³-hybridized carbons (Fsp3) is 0.833. The summed E-state index contributed by atoms with van der Waals surface area (Å²) in [7, 11) is -4.31. The highest BCUT2D eigenvalue weighted by Gasteiger charge is 2.51.